The summed E-state index contributed by atoms with van der Waals surface area (Å²) in [6.07, 6.45) is 6.08. The summed E-state index contributed by atoms with van der Waals surface area (Å²) in [5.41, 5.74) is 3.24. The molecule has 0 saturated heterocycles. The van der Waals surface area contributed by atoms with Gasteiger partial charge in [-0.1, -0.05) is 0 Å². The third-order valence-electron chi connectivity index (χ3n) is 4.25. The average Bonchev–Trinajstić information content (AvgIpc) is 3.13. The summed E-state index contributed by atoms with van der Waals surface area (Å²) in [5.74, 6) is 1.01. The summed E-state index contributed by atoms with van der Waals surface area (Å²) in [6.45, 7) is 6.24. The first-order valence-electron chi connectivity index (χ1n) is 8.49. The fourth-order valence-corrected chi connectivity index (χ4v) is 3.93. The first-order valence-corrected chi connectivity index (χ1v) is 9.31. The lowest BCUT2D eigenvalue weighted by molar-refractivity contribution is -0.116. The molecule has 1 N–H and O–H groups in total. The molecule has 0 spiro atoms. The van der Waals surface area contributed by atoms with Crippen LogP contribution in [0.3, 0.4) is 0 Å². The van der Waals surface area contributed by atoms with Crippen LogP contribution in [0.5, 0.6) is 0 Å². The molecular formula is C20H23N3OS. The van der Waals surface area contributed by atoms with Crippen molar-refractivity contribution in [1.29, 1.82) is 0 Å². The number of aromatic nitrogens is 2. The lowest BCUT2D eigenvalue weighted by atomic mass is 10.1. The van der Waals surface area contributed by atoms with Crippen LogP contribution in [0.1, 0.15) is 34.0 Å². The molecule has 1 amide bonds. The van der Waals surface area contributed by atoms with E-state index in [9.17, 15) is 4.79 Å². The standard InChI is InChI=1S/C20H23N3OS/c1-14-13-17(15(2)25-14)5-4-6-20(24)22-18-7-9-19(10-8-18)23-12-11-21-16(23)3/h7-13H,4-6H2,1-3H3,(H,22,24). The maximum absolute atomic E-state index is 12.1. The van der Waals surface area contributed by atoms with Gasteiger partial charge in [-0.2, -0.15) is 0 Å². The van der Waals surface area contributed by atoms with Crippen molar-refractivity contribution in [2.24, 2.45) is 0 Å². The van der Waals surface area contributed by atoms with E-state index in [0.717, 1.165) is 30.0 Å². The zero-order chi connectivity index (χ0) is 17.8. The monoisotopic (exact) mass is 353 g/mol. The van der Waals surface area contributed by atoms with E-state index in [2.05, 4.69) is 30.2 Å². The number of aryl methyl sites for hydroxylation is 4. The molecule has 130 valence electrons. The van der Waals surface area contributed by atoms with Crippen molar-refractivity contribution in [2.75, 3.05) is 5.32 Å². The fourth-order valence-electron chi connectivity index (χ4n) is 2.95. The normalized spacial score (nSPS) is 10.8. The highest BCUT2D eigenvalue weighted by molar-refractivity contribution is 7.12. The second kappa shape index (κ2) is 7.66. The molecule has 0 aliphatic rings. The highest BCUT2D eigenvalue weighted by Crippen LogP contribution is 2.22. The van der Waals surface area contributed by atoms with Crippen molar-refractivity contribution in [2.45, 2.75) is 40.0 Å². The van der Waals surface area contributed by atoms with E-state index in [1.54, 1.807) is 6.20 Å². The maximum Gasteiger partial charge on any atom is 0.224 e. The van der Waals surface area contributed by atoms with Gasteiger partial charge in [0.25, 0.3) is 0 Å². The van der Waals surface area contributed by atoms with Crippen LogP contribution in [0.4, 0.5) is 5.69 Å². The Morgan fingerprint density at radius 3 is 2.56 bits per heavy atom. The van der Waals surface area contributed by atoms with E-state index in [1.165, 1.54) is 15.3 Å². The van der Waals surface area contributed by atoms with Crippen molar-refractivity contribution in [1.82, 2.24) is 9.55 Å². The van der Waals surface area contributed by atoms with Crippen LogP contribution in [-0.4, -0.2) is 15.5 Å². The first-order chi connectivity index (χ1) is 12.0. The van der Waals surface area contributed by atoms with Crippen molar-refractivity contribution in [3.63, 3.8) is 0 Å². The zero-order valence-corrected chi connectivity index (χ0v) is 15.7. The second-order valence-electron chi connectivity index (χ2n) is 6.23. The summed E-state index contributed by atoms with van der Waals surface area (Å²) >= 11 is 1.82. The van der Waals surface area contributed by atoms with Gasteiger partial charge in [0.15, 0.2) is 0 Å². The van der Waals surface area contributed by atoms with Gasteiger partial charge in [0.05, 0.1) is 0 Å². The fraction of sp³-hybridized carbons (Fsp3) is 0.300. The van der Waals surface area contributed by atoms with E-state index in [4.69, 9.17) is 0 Å². The Kier molecular flexibility index (Phi) is 5.34. The van der Waals surface area contributed by atoms with E-state index in [1.807, 2.05) is 53.3 Å². The van der Waals surface area contributed by atoms with Gasteiger partial charge in [0.2, 0.25) is 5.91 Å². The van der Waals surface area contributed by atoms with Gasteiger partial charge in [-0.3, -0.25) is 4.79 Å². The predicted molar refractivity (Wildman–Crippen MR) is 104 cm³/mol. The molecule has 0 atom stereocenters. The van der Waals surface area contributed by atoms with E-state index < -0.39 is 0 Å². The molecule has 5 heteroatoms. The number of amides is 1. The summed E-state index contributed by atoms with van der Waals surface area (Å²) in [7, 11) is 0. The third-order valence-corrected chi connectivity index (χ3v) is 5.26. The molecule has 0 aliphatic carbocycles. The van der Waals surface area contributed by atoms with Gasteiger partial charge in [-0.25, -0.2) is 4.98 Å². The minimum atomic E-state index is 0.0659. The maximum atomic E-state index is 12.1. The number of anilines is 1. The van der Waals surface area contributed by atoms with Crippen LogP contribution in [0.15, 0.2) is 42.7 Å². The van der Waals surface area contributed by atoms with Gasteiger partial charge < -0.3 is 9.88 Å². The van der Waals surface area contributed by atoms with E-state index in [0.29, 0.717) is 6.42 Å². The van der Waals surface area contributed by atoms with Crippen molar-refractivity contribution < 1.29 is 4.79 Å². The number of rotatable bonds is 6. The summed E-state index contributed by atoms with van der Waals surface area (Å²) < 4.78 is 2.01. The second-order valence-corrected chi connectivity index (χ2v) is 7.69. The summed E-state index contributed by atoms with van der Waals surface area (Å²) in [5, 5.41) is 2.97. The van der Waals surface area contributed by atoms with Gasteiger partial charge in [0, 0.05) is 39.9 Å². The Hall–Kier alpha value is -2.40. The Labute approximate surface area is 152 Å². The van der Waals surface area contributed by atoms with Crippen molar-refractivity contribution in [3.05, 3.63) is 63.9 Å². The Bertz CT molecular complexity index is 861. The van der Waals surface area contributed by atoms with Crippen LogP contribution in [0.25, 0.3) is 5.69 Å². The molecule has 25 heavy (non-hydrogen) atoms. The highest BCUT2D eigenvalue weighted by Gasteiger charge is 2.07. The molecule has 4 nitrogen and oxygen atoms in total. The largest absolute Gasteiger partial charge is 0.326 e. The SMILES string of the molecule is Cc1cc(CCCC(=O)Nc2ccc(-n3ccnc3C)cc2)c(C)s1. The minimum Gasteiger partial charge on any atom is -0.326 e. The number of hydrogen-bond acceptors (Lipinski definition) is 3. The van der Waals surface area contributed by atoms with Crippen LogP contribution in [-0.2, 0) is 11.2 Å². The lowest BCUT2D eigenvalue weighted by Crippen LogP contribution is -2.11. The average molecular weight is 353 g/mol. The molecule has 2 aromatic heterocycles. The highest BCUT2D eigenvalue weighted by atomic mass is 32.1. The molecule has 0 aliphatic heterocycles. The molecule has 0 saturated carbocycles. The van der Waals surface area contributed by atoms with Gasteiger partial charge in [0.1, 0.15) is 5.82 Å². The number of carbonyl (C=O) groups is 1. The predicted octanol–water partition coefficient (Wildman–Crippen LogP) is 4.82. The number of imidazole rings is 1. The Morgan fingerprint density at radius 2 is 1.96 bits per heavy atom. The van der Waals surface area contributed by atoms with Gasteiger partial charge in [-0.05, 0) is 69.5 Å². The van der Waals surface area contributed by atoms with Crippen LogP contribution in [0.2, 0.25) is 0 Å². The molecule has 0 bridgehead atoms. The van der Waals surface area contributed by atoms with E-state index in [-0.39, 0.29) is 5.91 Å². The molecule has 1 aromatic carbocycles. The Balaban J connectivity index is 1.51. The van der Waals surface area contributed by atoms with Crippen LogP contribution in [0, 0.1) is 20.8 Å². The van der Waals surface area contributed by atoms with Crippen LogP contribution >= 0.6 is 11.3 Å². The van der Waals surface area contributed by atoms with Crippen molar-refractivity contribution >= 4 is 22.9 Å². The number of nitrogens with zero attached hydrogens (tertiary/aromatic N) is 2. The molecule has 2 heterocycles. The van der Waals surface area contributed by atoms with Gasteiger partial charge >= 0.3 is 0 Å². The van der Waals surface area contributed by atoms with Crippen LogP contribution < -0.4 is 5.32 Å². The molecule has 3 aromatic rings. The molecule has 0 unspecified atom stereocenters. The van der Waals surface area contributed by atoms with Crippen molar-refractivity contribution in [3.8, 4) is 5.69 Å². The molecule has 0 fully saturated rings. The smallest absolute Gasteiger partial charge is 0.224 e. The Morgan fingerprint density at radius 1 is 1.20 bits per heavy atom. The molecular weight excluding hydrogens is 330 g/mol. The molecule has 0 radical (unpaired) electrons. The lowest BCUT2D eigenvalue weighted by Gasteiger charge is -2.08. The number of thiophene rings is 1. The topological polar surface area (TPSA) is 46.9 Å². The number of benzene rings is 1. The van der Waals surface area contributed by atoms with Gasteiger partial charge in [-0.15, -0.1) is 11.3 Å². The minimum absolute atomic E-state index is 0.0659. The summed E-state index contributed by atoms with van der Waals surface area (Å²) in [6, 6.07) is 10.1. The first kappa shape index (κ1) is 17.4. The molecule has 3 rings (SSSR count). The summed E-state index contributed by atoms with van der Waals surface area (Å²) in [4.78, 5) is 19.1. The number of nitrogens with one attached hydrogen (secondary N) is 1. The number of carbonyl (C=O) groups excluding carboxylic acids is 1. The number of hydrogen-bond donors (Lipinski definition) is 1. The quantitative estimate of drug-likeness (QED) is 0.690. The third kappa shape index (κ3) is 4.37. The van der Waals surface area contributed by atoms with E-state index >= 15 is 0 Å². The zero-order valence-electron chi connectivity index (χ0n) is 14.9.